The van der Waals surface area contributed by atoms with Crippen LogP contribution in [0.2, 0.25) is 5.04 Å². The number of hydrogen-bond donors (Lipinski definition) is 1. The van der Waals surface area contributed by atoms with Crippen LogP contribution >= 0.6 is 0 Å². The van der Waals surface area contributed by atoms with E-state index in [1.165, 1.54) is 52.1 Å². The number of rotatable bonds is 14. The predicted molar refractivity (Wildman–Crippen MR) is 97.9 cm³/mol. The fourth-order valence-corrected chi connectivity index (χ4v) is 3.26. The summed E-state index contributed by atoms with van der Waals surface area (Å²) in [6.07, 6.45) is 12.5. The van der Waals surface area contributed by atoms with E-state index in [-0.39, 0.29) is 5.57 Å². The highest BCUT2D eigenvalue weighted by atomic mass is 28.1. The zero-order valence-corrected chi connectivity index (χ0v) is 17.2. The van der Waals surface area contributed by atoms with Gasteiger partial charge in [0, 0.05) is 15.8 Å². The van der Waals surface area contributed by atoms with Crippen LogP contribution < -0.4 is 0 Å². The van der Waals surface area contributed by atoms with Crippen LogP contribution in [0.3, 0.4) is 0 Å². The number of unbranched alkanes of at least 4 members (excludes halogenated alkanes) is 9. The Hall–Kier alpha value is -1.10. The van der Waals surface area contributed by atoms with Gasteiger partial charge in [0.1, 0.15) is 0 Å². The molecular formula is C18H34O4Si. The van der Waals surface area contributed by atoms with Gasteiger partial charge in [0.15, 0.2) is 0 Å². The van der Waals surface area contributed by atoms with Crippen molar-refractivity contribution in [2.24, 2.45) is 0 Å². The minimum atomic E-state index is -1.09. The molecule has 0 amide bonds. The molecule has 5 heteroatoms. The standard InChI is InChI=1S/C18H34O4Si/c1-4-5-6-7-8-9-10-11-12-13-14-18(23,17(20)21)15(2)16(19)22-3/h2,4-14H2,1,3,23H3,(H,20,21). The van der Waals surface area contributed by atoms with Crippen molar-refractivity contribution in [2.45, 2.75) is 82.6 Å². The van der Waals surface area contributed by atoms with Crippen molar-refractivity contribution in [3.63, 3.8) is 0 Å². The Morgan fingerprint density at radius 3 is 1.83 bits per heavy atom. The third-order valence-electron chi connectivity index (χ3n) is 4.60. The number of methoxy groups -OCH3 is 1. The highest BCUT2D eigenvalue weighted by molar-refractivity contribution is 6.32. The molecule has 0 aromatic rings. The van der Waals surface area contributed by atoms with Crippen LogP contribution in [0, 0.1) is 0 Å². The Labute approximate surface area is 144 Å². The first-order valence-electron chi connectivity index (χ1n) is 8.91. The smallest absolute Gasteiger partial charge is 0.333 e. The SMILES string of the molecule is C=C(C(=O)OC)C([SiH3])(CCCCCCCCCCCC)C(=O)O. The molecule has 0 aliphatic heterocycles. The highest BCUT2D eigenvalue weighted by Crippen LogP contribution is 2.37. The summed E-state index contributed by atoms with van der Waals surface area (Å²) < 4.78 is 4.63. The van der Waals surface area contributed by atoms with Gasteiger partial charge in [-0.2, -0.15) is 0 Å². The molecule has 0 saturated carbocycles. The Morgan fingerprint density at radius 1 is 1.00 bits per heavy atom. The minimum Gasteiger partial charge on any atom is -0.481 e. The molecule has 0 fully saturated rings. The quantitative estimate of drug-likeness (QED) is 0.227. The maximum Gasteiger partial charge on any atom is 0.333 e. The van der Waals surface area contributed by atoms with Gasteiger partial charge in [0.05, 0.1) is 12.1 Å². The second-order valence-corrected chi connectivity index (χ2v) is 8.25. The molecule has 0 aliphatic rings. The first kappa shape index (κ1) is 21.9. The molecule has 0 rings (SSSR count). The zero-order valence-electron chi connectivity index (χ0n) is 15.2. The number of hydrogen-bond acceptors (Lipinski definition) is 3. The molecule has 0 aliphatic carbocycles. The van der Waals surface area contributed by atoms with Crippen molar-refractivity contribution < 1.29 is 19.4 Å². The molecule has 4 nitrogen and oxygen atoms in total. The Kier molecular flexibility index (Phi) is 11.7. The van der Waals surface area contributed by atoms with E-state index in [0.29, 0.717) is 16.7 Å². The predicted octanol–water partition coefficient (Wildman–Crippen LogP) is 3.64. The average Bonchev–Trinajstić information content (AvgIpc) is 2.54. The van der Waals surface area contributed by atoms with Gasteiger partial charge in [0.25, 0.3) is 0 Å². The molecule has 0 bridgehead atoms. The lowest BCUT2D eigenvalue weighted by Gasteiger charge is -2.25. The van der Waals surface area contributed by atoms with Gasteiger partial charge >= 0.3 is 11.9 Å². The van der Waals surface area contributed by atoms with E-state index in [9.17, 15) is 14.7 Å². The first-order chi connectivity index (χ1) is 10.9. The maximum atomic E-state index is 11.6. The fourth-order valence-electron chi connectivity index (χ4n) is 2.70. The minimum absolute atomic E-state index is 0.0927. The second kappa shape index (κ2) is 12.3. The van der Waals surface area contributed by atoms with Gasteiger partial charge in [-0.15, -0.1) is 0 Å². The van der Waals surface area contributed by atoms with Crippen molar-refractivity contribution in [1.82, 2.24) is 0 Å². The van der Waals surface area contributed by atoms with Gasteiger partial charge in [0.2, 0.25) is 0 Å². The van der Waals surface area contributed by atoms with E-state index in [1.807, 2.05) is 0 Å². The first-order valence-corrected chi connectivity index (χ1v) is 9.91. The van der Waals surface area contributed by atoms with Gasteiger partial charge in [-0.25, -0.2) is 4.79 Å². The third kappa shape index (κ3) is 8.35. The molecule has 0 radical (unpaired) electrons. The Morgan fingerprint density at radius 2 is 1.43 bits per heavy atom. The van der Waals surface area contributed by atoms with E-state index in [4.69, 9.17) is 0 Å². The number of ether oxygens (including phenoxy) is 1. The lowest BCUT2D eigenvalue weighted by molar-refractivity contribution is -0.144. The third-order valence-corrected chi connectivity index (χ3v) is 6.13. The van der Waals surface area contributed by atoms with Gasteiger partial charge in [-0.1, -0.05) is 77.7 Å². The summed E-state index contributed by atoms with van der Waals surface area (Å²) in [5.41, 5.74) is 0.0927. The van der Waals surface area contributed by atoms with Crippen molar-refractivity contribution in [1.29, 1.82) is 0 Å². The van der Waals surface area contributed by atoms with Gasteiger partial charge in [-0.05, 0) is 6.42 Å². The summed E-state index contributed by atoms with van der Waals surface area (Å²) in [5, 5.41) is 8.37. The number of carbonyl (C=O) groups excluding carboxylic acids is 1. The number of carboxylic acid groups (broad SMARTS) is 1. The van der Waals surface area contributed by atoms with E-state index in [1.54, 1.807) is 0 Å². The summed E-state index contributed by atoms with van der Waals surface area (Å²) in [5.74, 6) is -1.55. The lowest BCUT2D eigenvalue weighted by atomic mass is 9.92. The van der Waals surface area contributed by atoms with E-state index in [2.05, 4.69) is 18.2 Å². The normalized spacial score (nSPS) is 13.5. The summed E-state index contributed by atoms with van der Waals surface area (Å²) in [6.45, 7) is 5.89. The number of carbonyl (C=O) groups is 2. The van der Waals surface area contributed by atoms with Gasteiger partial charge < -0.3 is 9.84 Å². The van der Waals surface area contributed by atoms with E-state index >= 15 is 0 Å². The molecule has 1 unspecified atom stereocenters. The van der Waals surface area contributed by atoms with Crippen LogP contribution in [0.25, 0.3) is 0 Å². The molecule has 0 aromatic carbocycles. The van der Waals surface area contributed by atoms with E-state index in [0.717, 1.165) is 19.3 Å². The molecule has 1 N–H and O–H groups in total. The molecule has 1 atom stereocenters. The molecule has 134 valence electrons. The summed E-state index contributed by atoms with van der Waals surface area (Å²) >= 11 is 0. The average molecular weight is 343 g/mol. The van der Waals surface area contributed by atoms with Crippen LogP contribution in [0.4, 0.5) is 0 Å². The number of carboxylic acids is 1. The van der Waals surface area contributed by atoms with E-state index < -0.39 is 17.0 Å². The second-order valence-electron chi connectivity index (χ2n) is 6.54. The summed E-state index contributed by atoms with van der Waals surface area (Å²) in [7, 11) is 1.62. The largest absolute Gasteiger partial charge is 0.481 e. The topological polar surface area (TPSA) is 63.6 Å². The highest BCUT2D eigenvalue weighted by Gasteiger charge is 2.39. The summed E-state index contributed by atoms with van der Waals surface area (Å²) in [4.78, 5) is 23.1. The van der Waals surface area contributed by atoms with Gasteiger partial charge in [-0.3, -0.25) is 4.79 Å². The van der Waals surface area contributed by atoms with Crippen LogP contribution in [0.15, 0.2) is 12.2 Å². The van der Waals surface area contributed by atoms with Crippen LogP contribution in [0.5, 0.6) is 0 Å². The lowest BCUT2D eigenvalue weighted by Crippen LogP contribution is -2.30. The van der Waals surface area contributed by atoms with Crippen molar-refractivity contribution in [3.05, 3.63) is 12.2 Å². The van der Waals surface area contributed by atoms with Crippen molar-refractivity contribution >= 4 is 22.2 Å². The number of esters is 1. The van der Waals surface area contributed by atoms with Crippen molar-refractivity contribution in [3.8, 4) is 0 Å². The van der Waals surface area contributed by atoms with Crippen LogP contribution in [-0.2, 0) is 14.3 Å². The number of aliphatic carboxylic acids is 1. The van der Waals surface area contributed by atoms with Crippen LogP contribution in [-0.4, -0.2) is 34.4 Å². The zero-order chi connectivity index (χ0) is 17.7. The molecule has 0 aromatic heterocycles. The molecule has 0 saturated heterocycles. The fraction of sp³-hybridized carbons (Fsp3) is 0.778. The monoisotopic (exact) mass is 342 g/mol. The molecule has 0 heterocycles. The summed E-state index contributed by atoms with van der Waals surface area (Å²) in [6, 6.07) is 0. The molecule has 23 heavy (non-hydrogen) atoms. The van der Waals surface area contributed by atoms with Crippen LogP contribution in [0.1, 0.15) is 77.6 Å². The van der Waals surface area contributed by atoms with Crippen molar-refractivity contribution in [2.75, 3.05) is 7.11 Å². The Bertz CT molecular complexity index is 381. The molecule has 0 spiro atoms. The molecular weight excluding hydrogens is 308 g/mol. The Balaban J connectivity index is 3.96. The maximum absolute atomic E-state index is 11.6.